The molecule has 11 heavy (non-hydrogen) atoms. The van der Waals surface area contributed by atoms with Crippen molar-refractivity contribution in [2.24, 2.45) is 5.16 Å². The van der Waals surface area contributed by atoms with Crippen LogP contribution in [0.25, 0.3) is 0 Å². The Morgan fingerprint density at radius 1 is 1.64 bits per heavy atom. The van der Waals surface area contributed by atoms with Crippen LogP contribution in [-0.4, -0.2) is 16.4 Å². The Bertz CT molecular complexity index is 252. The average Bonchev–Trinajstić information content (AvgIpc) is 1.94. The minimum atomic E-state index is 0. The molecule has 0 spiro atoms. The molecule has 1 rings (SSSR count). The van der Waals surface area contributed by atoms with Crippen molar-refractivity contribution in [3.05, 3.63) is 29.0 Å². The van der Waals surface area contributed by atoms with Crippen LogP contribution in [0.15, 0.2) is 23.5 Å². The first-order chi connectivity index (χ1) is 4.84. The fourth-order valence-electron chi connectivity index (χ4n) is 0.557. The van der Waals surface area contributed by atoms with E-state index in [0.717, 1.165) is 0 Å². The first-order valence-corrected chi connectivity index (χ1v) is 3.00. The fraction of sp³-hybridized carbons (Fsp3) is 0. The Morgan fingerprint density at radius 3 is 2.91 bits per heavy atom. The van der Waals surface area contributed by atoms with Crippen molar-refractivity contribution in [1.82, 2.24) is 4.98 Å². The van der Waals surface area contributed by atoms with Crippen LogP contribution in [0.3, 0.4) is 0 Å². The number of oxime groups is 1. The zero-order chi connectivity index (χ0) is 7.40. The van der Waals surface area contributed by atoms with Gasteiger partial charge in [-0.2, -0.15) is 0 Å². The number of halogens is 2. The summed E-state index contributed by atoms with van der Waals surface area (Å²) in [5, 5.41) is 11.3. The van der Waals surface area contributed by atoms with Crippen molar-refractivity contribution in [3.8, 4) is 0 Å². The van der Waals surface area contributed by atoms with Gasteiger partial charge in [0.1, 0.15) is 5.15 Å². The van der Waals surface area contributed by atoms with E-state index >= 15 is 0 Å². The molecule has 0 fully saturated rings. The van der Waals surface area contributed by atoms with E-state index in [9.17, 15) is 0 Å². The molecular weight excluding hydrogens is 187 g/mol. The molecule has 1 aromatic rings. The summed E-state index contributed by atoms with van der Waals surface area (Å²) >= 11 is 5.59. The van der Waals surface area contributed by atoms with Crippen molar-refractivity contribution in [3.63, 3.8) is 0 Å². The fourth-order valence-corrected chi connectivity index (χ4v) is 0.725. The molecule has 60 valence electrons. The molecule has 0 aliphatic rings. The topological polar surface area (TPSA) is 45.5 Å². The zero-order valence-corrected chi connectivity index (χ0v) is 7.01. The highest BCUT2D eigenvalue weighted by Gasteiger charge is 1.93. The lowest BCUT2D eigenvalue weighted by Crippen LogP contribution is -1.84. The van der Waals surface area contributed by atoms with Gasteiger partial charge >= 0.3 is 0 Å². The van der Waals surface area contributed by atoms with Gasteiger partial charge in [0, 0.05) is 11.8 Å². The van der Waals surface area contributed by atoms with E-state index in [4.69, 9.17) is 16.8 Å². The molecule has 1 N–H and O–H groups in total. The normalized spacial score (nSPS) is 9.55. The van der Waals surface area contributed by atoms with Crippen molar-refractivity contribution < 1.29 is 5.21 Å². The number of hydrogen-bond acceptors (Lipinski definition) is 3. The van der Waals surface area contributed by atoms with Gasteiger partial charge < -0.3 is 5.21 Å². The standard InChI is InChI=1S/C6H5ClN2O.ClH/c7-6-5(4-9-10)2-1-3-8-6;/h1-4,10H;1H. The number of nitrogens with zero attached hydrogens (tertiary/aromatic N) is 2. The van der Waals surface area contributed by atoms with Crippen molar-refractivity contribution in [1.29, 1.82) is 0 Å². The van der Waals surface area contributed by atoms with Gasteiger partial charge in [0.25, 0.3) is 0 Å². The Labute approximate surface area is 75.1 Å². The monoisotopic (exact) mass is 192 g/mol. The predicted molar refractivity (Wildman–Crippen MR) is 45.9 cm³/mol. The predicted octanol–water partition coefficient (Wildman–Crippen LogP) is 1.96. The maximum atomic E-state index is 8.13. The van der Waals surface area contributed by atoms with Gasteiger partial charge in [-0.15, -0.1) is 12.4 Å². The van der Waals surface area contributed by atoms with Crippen molar-refractivity contribution in [2.75, 3.05) is 0 Å². The molecule has 1 aromatic heterocycles. The summed E-state index contributed by atoms with van der Waals surface area (Å²) in [7, 11) is 0. The molecule has 0 radical (unpaired) electrons. The number of hydrogen-bond donors (Lipinski definition) is 1. The van der Waals surface area contributed by atoms with Gasteiger partial charge in [-0.3, -0.25) is 0 Å². The molecule has 0 atom stereocenters. The minimum absolute atomic E-state index is 0. The molecule has 0 aromatic carbocycles. The molecule has 0 saturated heterocycles. The third kappa shape index (κ3) is 2.74. The third-order valence-corrected chi connectivity index (χ3v) is 1.30. The number of aromatic nitrogens is 1. The van der Waals surface area contributed by atoms with E-state index in [1.54, 1.807) is 18.3 Å². The third-order valence-electron chi connectivity index (χ3n) is 0.985. The van der Waals surface area contributed by atoms with Gasteiger partial charge in [0.2, 0.25) is 0 Å². The molecular formula is C6H6Cl2N2O. The second kappa shape index (κ2) is 4.93. The van der Waals surface area contributed by atoms with Crippen LogP contribution in [0, 0.1) is 0 Å². The maximum absolute atomic E-state index is 8.13. The van der Waals surface area contributed by atoms with Crippen LogP contribution in [-0.2, 0) is 0 Å². The van der Waals surface area contributed by atoms with Crippen molar-refractivity contribution >= 4 is 30.2 Å². The first kappa shape index (κ1) is 10.2. The van der Waals surface area contributed by atoms with E-state index in [2.05, 4.69) is 10.1 Å². The van der Waals surface area contributed by atoms with Crippen LogP contribution >= 0.6 is 24.0 Å². The first-order valence-electron chi connectivity index (χ1n) is 2.62. The summed E-state index contributed by atoms with van der Waals surface area (Å²) in [6, 6.07) is 3.41. The largest absolute Gasteiger partial charge is 0.411 e. The lowest BCUT2D eigenvalue weighted by molar-refractivity contribution is 0.322. The van der Waals surface area contributed by atoms with E-state index in [1.165, 1.54) is 6.21 Å². The van der Waals surface area contributed by atoms with Crippen LogP contribution < -0.4 is 0 Å². The Balaban J connectivity index is 0.000001000. The summed E-state index contributed by atoms with van der Waals surface area (Å²) in [6.45, 7) is 0. The van der Waals surface area contributed by atoms with E-state index < -0.39 is 0 Å². The zero-order valence-electron chi connectivity index (χ0n) is 5.44. The molecule has 0 bridgehead atoms. The summed E-state index contributed by atoms with van der Waals surface area (Å²) in [5.74, 6) is 0. The quantitative estimate of drug-likeness (QED) is 0.320. The van der Waals surface area contributed by atoms with Gasteiger partial charge in [-0.1, -0.05) is 16.8 Å². The SMILES string of the molecule is Cl.ON=Cc1cccnc1Cl. The Hall–Kier alpha value is -0.800. The van der Waals surface area contributed by atoms with Gasteiger partial charge in [-0.25, -0.2) is 4.98 Å². The van der Waals surface area contributed by atoms with Crippen molar-refractivity contribution in [2.45, 2.75) is 0 Å². The van der Waals surface area contributed by atoms with Crippen LogP contribution in [0.4, 0.5) is 0 Å². The highest BCUT2D eigenvalue weighted by atomic mass is 35.5. The molecule has 0 aliphatic heterocycles. The molecule has 5 heteroatoms. The van der Waals surface area contributed by atoms with Crippen LogP contribution in [0.5, 0.6) is 0 Å². The van der Waals surface area contributed by atoms with Crippen LogP contribution in [0.1, 0.15) is 5.56 Å². The molecule has 0 saturated carbocycles. The van der Waals surface area contributed by atoms with Gasteiger partial charge in [0.15, 0.2) is 0 Å². The van der Waals surface area contributed by atoms with Crippen LogP contribution in [0.2, 0.25) is 5.15 Å². The Kier molecular flexibility index (Phi) is 4.57. The molecule has 1 heterocycles. The van der Waals surface area contributed by atoms with Gasteiger partial charge in [-0.05, 0) is 12.1 Å². The molecule has 3 nitrogen and oxygen atoms in total. The average molecular weight is 193 g/mol. The highest BCUT2D eigenvalue weighted by Crippen LogP contribution is 2.07. The molecule has 0 amide bonds. The van der Waals surface area contributed by atoms with E-state index in [-0.39, 0.29) is 12.4 Å². The highest BCUT2D eigenvalue weighted by molar-refractivity contribution is 6.31. The lowest BCUT2D eigenvalue weighted by Gasteiger charge is -1.91. The molecule has 0 unspecified atom stereocenters. The second-order valence-electron chi connectivity index (χ2n) is 1.63. The minimum Gasteiger partial charge on any atom is -0.411 e. The number of rotatable bonds is 1. The van der Waals surface area contributed by atoms with E-state index in [1.807, 2.05) is 0 Å². The summed E-state index contributed by atoms with van der Waals surface area (Å²) in [4.78, 5) is 3.76. The smallest absolute Gasteiger partial charge is 0.137 e. The Morgan fingerprint density at radius 2 is 2.36 bits per heavy atom. The summed E-state index contributed by atoms with van der Waals surface area (Å²) in [6.07, 6.45) is 2.80. The maximum Gasteiger partial charge on any atom is 0.137 e. The summed E-state index contributed by atoms with van der Waals surface area (Å²) < 4.78 is 0. The summed E-state index contributed by atoms with van der Waals surface area (Å²) in [5.41, 5.74) is 0.603. The molecule has 0 aliphatic carbocycles. The number of pyridine rings is 1. The van der Waals surface area contributed by atoms with Gasteiger partial charge in [0.05, 0.1) is 6.21 Å². The lowest BCUT2D eigenvalue weighted by atomic mass is 10.3. The van der Waals surface area contributed by atoms with E-state index in [0.29, 0.717) is 10.7 Å². The second-order valence-corrected chi connectivity index (χ2v) is 1.99.